The molecule has 0 aromatic rings. The lowest BCUT2D eigenvalue weighted by atomic mass is 10.0. The Morgan fingerprint density at radius 1 is 1.18 bits per heavy atom. The molecule has 0 radical (unpaired) electrons. The summed E-state index contributed by atoms with van der Waals surface area (Å²) in [6, 6.07) is 1.52. The fraction of sp³-hybridized carbons (Fsp3) is 1.00. The Hall–Kier alpha value is -0.0800. The van der Waals surface area contributed by atoms with Crippen LogP contribution < -0.4 is 5.32 Å². The second kappa shape index (κ2) is 8.10. The van der Waals surface area contributed by atoms with Gasteiger partial charge in [0.1, 0.15) is 0 Å². The zero-order valence-corrected chi connectivity index (χ0v) is 12.3. The maximum Gasteiger partial charge on any atom is 0.00766 e. The van der Waals surface area contributed by atoms with E-state index in [0.717, 1.165) is 18.0 Å². The molecular formula is C15H32N2. The van der Waals surface area contributed by atoms with E-state index in [9.17, 15) is 0 Å². The normalized spacial score (nSPS) is 25.6. The van der Waals surface area contributed by atoms with E-state index in [1.807, 2.05) is 0 Å². The zero-order chi connectivity index (χ0) is 12.7. The summed E-state index contributed by atoms with van der Waals surface area (Å²) in [4.78, 5) is 2.71. The van der Waals surface area contributed by atoms with Crippen molar-refractivity contribution in [1.82, 2.24) is 10.2 Å². The van der Waals surface area contributed by atoms with Gasteiger partial charge in [-0.25, -0.2) is 0 Å². The second-order valence-electron chi connectivity index (χ2n) is 6.06. The van der Waals surface area contributed by atoms with E-state index in [2.05, 4.69) is 37.9 Å². The van der Waals surface area contributed by atoms with Crippen molar-refractivity contribution in [3.63, 3.8) is 0 Å². The first kappa shape index (κ1) is 15.0. The summed E-state index contributed by atoms with van der Waals surface area (Å²) >= 11 is 0. The summed E-state index contributed by atoms with van der Waals surface area (Å²) in [5, 5.41) is 3.65. The first-order valence-electron chi connectivity index (χ1n) is 7.61. The summed E-state index contributed by atoms with van der Waals surface area (Å²) in [6.07, 6.45) is 6.63. The van der Waals surface area contributed by atoms with Crippen LogP contribution >= 0.6 is 0 Å². The molecular weight excluding hydrogens is 208 g/mol. The smallest absolute Gasteiger partial charge is 0.00766 e. The maximum atomic E-state index is 3.65. The van der Waals surface area contributed by atoms with Crippen molar-refractivity contribution in [2.24, 2.45) is 5.92 Å². The zero-order valence-electron chi connectivity index (χ0n) is 12.3. The monoisotopic (exact) mass is 240 g/mol. The highest BCUT2D eigenvalue weighted by atomic mass is 15.2. The highest BCUT2D eigenvalue weighted by molar-refractivity contribution is 4.75. The van der Waals surface area contributed by atoms with Crippen LogP contribution in [-0.2, 0) is 0 Å². The van der Waals surface area contributed by atoms with Gasteiger partial charge in [0.05, 0.1) is 0 Å². The molecule has 2 heteroatoms. The van der Waals surface area contributed by atoms with Crippen LogP contribution in [-0.4, -0.2) is 36.6 Å². The lowest BCUT2D eigenvalue weighted by molar-refractivity contribution is 0.168. The molecule has 1 aliphatic heterocycles. The van der Waals surface area contributed by atoms with Gasteiger partial charge in [0, 0.05) is 12.1 Å². The van der Waals surface area contributed by atoms with Gasteiger partial charge in [-0.15, -0.1) is 0 Å². The average Bonchev–Trinajstić information content (AvgIpc) is 2.26. The number of hydrogen-bond acceptors (Lipinski definition) is 2. The van der Waals surface area contributed by atoms with E-state index in [4.69, 9.17) is 0 Å². The molecule has 1 heterocycles. The molecule has 1 rings (SSSR count). The van der Waals surface area contributed by atoms with Crippen molar-refractivity contribution in [3.05, 3.63) is 0 Å². The first-order chi connectivity index (χ1) is 8.13. The predicted molar refractivity (Wildman–Crippen MR) is 76.4 cm³/mol. The van der Waals surface area contributed by atoms with Crippen LogP contribution in [0.1, 0.15) is 59.8 Å². The highest BCUT2D eigenvalue weighted by Gasteiger charge is 2.17. The Balaban J connectivity index is 2.34. The van der Waals surface area contributed by atoms with Gasteiger partial charge >= 0.3 is 0 Å². The van der Waals surface area contributed by atoms with Crippen molar-refractivity contribution in [2.75, 3.05) is 19.6 Å². The molecule has 1 fully saturated rings. The van der Waals surface area contributed by atoms with E-state index in [1.165, 1.54) is 51.7 Å². The number of rotatable bonds is 5. The largest absolute Gasteiger partial charge is 0.314 e. The van der Waals surface area contributed by atoms with Crippen LogP contribution in [0, 0.1) is 5.92 Å². The molecule has 0 aliphatic carbocycles. The van der Waals surface area contributed by atoms with E-state index >= 15 is 0 Å². The molecule has 17 heavy (non-hydrogen) atoms. The summed E-state index contributed by atoms with van der Waals surface area (Å²) in [7, 11) is 0. The minimum Gasteiger partial charge on any atom is -0.314 e. The molecule has 2 unspecified atom stereocenters. The van der Waals surface area contributed by atoms with Crippen molar-refractivity contribution in [3.8, 4) is 0 Å². The Kier molecular flexibility index (Phi) is 7.14. The third-order valence-corrected chi connectivity index (χ3v) is 4.10. The van der Waals surface area contributed by atoms with E-state index in [0.29, 0.717) is 0 Å². The number of nitrogens with zero attached hydrogens (tertiary/aromatic N) is 1. The third kappa shape index (κ3) is 5.87. The van der Waals surface area contributed by atoms with Crippen molar-refractivity contribution in [1.29, 1.82) is 0 Å². The second-order valence-corrected chi connectivity index (χ2v) is 6.06. The standard InChI is InChI=1S/C15H32N2/c1-5-15-9-12-17(11-6-10-16-15)14(4)8-7-13(2)3/h13-16H,5-12H2,1-4H3. The minimum absolute atomic E-state index is 0.745. The molecule has 0 saturated carbocycles. The van der Waals surface area contributed by atoms with E-state index in [1.54, 1.807) is 0 Å². The topological polar surface area (TPSA) is 15.3 Å². The third-order valence-electron chi connectivity index (χ3n) is 4.10. The summed E-state index contributed by atoms with van der Waals surface area (Å²) in [6.45, 7) is 13.1. The molecule has 102 valence electrons. The SMILES string of the molecule is CCC1CCN(C(C)CCC(C)C)CCCN1. The van der Waals surface area contributed by atoms with Crippen molar-refractivity contribution in [2.45, 2.75) is 71.9 Å². The first-order valence-corrected chi connectivity index (χ1v) is 7.61. The van der Waals surface area contributed by atoms with Gasteiger partial charge in [-0.3, -0.25) is 0 Å². The van der Waals surface area contributed by atoms with Crippen molar-refractivity contribution < 1.29 is 0 Å². The van der Waals surface area contributed by atoms with Gasteiger partial charge in [-0.2, -0.15) is 0 Å². The van der Waals surface area contributed by atoms with Gasteiger partial charge in [0.2, 0.25) is 0 Å². The van der Waals surface area contributed by atoms with Crippen LogP contribution in [0.3, 0.4) is 0 Å². The molecule has 2 nitrogen and oxygen atoms in total. The Morgan fingerprint density at radius 2 is 1.94 bits per heavy atom. The predicted octanol–water partition coefficient (Wildman–Crippen LogP) is 3.28. The van der Waals surface area contributed by atoms with Crippen molar-refractivity contribution >= 4 is 0 Å². The molecule has 0 amide bonds. The molecule has 1 aliphatic rings. The average molecular weight is 240 g/mol. The Bertz CT molecular complexity index is 191. The summed E-state index contributed by atoms with van der Waals surface area (Å²) in [5.74, 6) is 0.845. The van der Waals surface area contributed by atoms with Gasteiger partial charge < -0.3 is 10.2 Å². The molecule has 0 aromatic heterocycles. The lowest BCUT2D eigenvalue weighted by Gasteiger charge is -2.33. The van der Waals surface area contributed by atoms with Gasteiger partial charge in [0.25, 0.3) is 0 Å². The fourth-order valence-corrected chi connectivity index (χ4v) is 2.67. The molecule has 2 atom stereocenters. The summed E-state index contributed by atoms with van der Waals surface area (Å²) < 4.78 is 0. The number of hydrogen-bond donors (Lipinski definition) is 1. The summed E-state index contributed by atoms with van der Waals surface area (Å²) in [5.41, 5.74) is 0. The van der Waals surface area contributed by atoms with E-state index < -0.39 is 0 Å². The van der Waals surface area contributed by atoms with Gasteiger partial charge in [-0.1, -0.05) is 20.8 Å². The van der Waals surface area contributed by atoms with Crippen LogP contribution in [0.5, 0.6) is 0 Å². The van der Waals surface area contributed by atoms with E-state index in [-0.39, 0.29) is 0 Å². The molecule has 0 aromatic carbocycles. The molecule has 1 N–H and O–H groups in total. The molecule has 1 saturated heterocycles. The minimum atomic E-state index is 0.745. The van der Waals surface area contributed by atoms with Crippen LogP contribution in [0.15, 0.2) is 0 Å². The van der Waals surface area contributed by atoms with Crippen LogP contribution in [0.4, 0.5) is 0 Å². The van der Waals surface area contributed by atoms with Gasteiger partial charge in [0.15, 0.2) is 0 Å². The Labute approximate surface area is 108 Å². The van der Waals surface area contributed by atoms with Crippen LogP contribution in [0.25, 0.3) is 0 Å². The lowest BCUT2D eigenvalue weighted by Crippen LogP contribution is -2.43. The maximum absolute atomic E-state index is 3.65. The van der Waals surface area contributed by atoms with Gasteiger partial charge in [-0.05, 0) is 64.6 Å². The fourth-order valence-electron chi connectivity index (χ4n) is 2.67. The molecule has 0 bridgehead atoms. The van der Waals surface area contributed by atoms with Crippen LogP contribution in [0.2, 0.25) is 0 Å². The molecule has 0 spiro atoms. The quantitative estimate of drug-likeness (QED) is 0.793. The number of nitrogens with one attached hydrogen (secondary N) is 1. The highest BCUT2D eigenvalue weighted by Crippen LogP contribution is 2.14. The Morgan fingerprint density at radius 3 is 2.59 bits per heavy atom.